The van der Waals surface area contributed by atoms with E-state index in [0.717, 1.165) is 39.3 Å². The maximum absolute atomic E-state index is 5.86. The van der Waals surface area contributed by atoms with Gasteiger partial charge in [0.1, 0.15) is 0 Å². The summed E-state index contributed by atoms with van der Waals surface area (Å²) in [5.41, 5.74) is 2.62. The topological polar surface area (TPSA) is 43.4 Å². The molecule has 0 aromatic heterocycles. The van der Waals surface area contributed by atoms with E-state index in [-0.39, 0.29) is 0 Å². The molecule has 0 spiro atoms. The quantitative estimate of drug-likeness (QED) is 0.446. The SMILES string of the molecule is Ic1ccc(CN2CCOCCOCCN(Cc3ccc(I)cc3)CCOCCOCC2)cc1. The van der Waals surface area contributed by atoms with Crippen molar-refractivity contribution >= 4 is 45.2 Å². The fraction of sp³-hybridized carbons (Fsp3) is 0.538. The Morgan fingerprint density at radius 3 is 1.06 bits per heavy atom. The molecule has 188 valence electrons. The highest BCUT2D eigenvalue weighted by Crippen LogP contribution is 2.11. The third-order valence-corrected chi connectivity index (χ3v) is 7.03. The molecule has 0 saturated carbocycles. The zero-order valence-corrected chi connectivity index (χ0v) is 24.1. The van der Waals surface area contributed by atoms with Gasteiger partial charge in [-0.2, -0.15) is 0 Å². The van der Waals surface area contributed by atoms with Crippen LogP contribution in [0.1, 0.15) is 11.1 Å². The molecule has 34 heavy (non-hydrogen) atoms. The summed E-state index contributed by atoms with van der Waals surface area (Å²) in [7, 11) is 0. The van der Waals surface area contributed by atoms with Crippen LogP contribution in [0.5, 0.6) is 0 Å². The van der Waals surface area contributed by atoms with Gasteiger partial charge >= 0.3 is 0 Å². The van der Waals surface area contributed by atoms with Gasteiger partial charge in [-0.25, -0.2) is 0 Å². The van der Waals surface area contributed by atoms with Crippen molar-refractivity contribution in [1.29, 1.82) is 0 Å². The Balaban J connectivity index is 1.44. The van der Waals surface area contributed by atoms with Crippen LogP contribution in [0, 0.1) is 7.14 Å². The zero-order chi connectivity index (χ0) is 23.8. The largest absolute Gasteiger partial charge is 0.378 e. The van der Waals surface area contributed by atoms with Crippen molar-refractivity contribution in [2.45, 2.75) is 13.1 Å². The van der Waals surface area contributed by atoms with Gasteiger partial charge in [0.25, 0.3) is 0 Å². The summed E-state index contributed by atoms with van der Waals surface area (Å²) in [4.78, 5) is 4.77. The van der Waals surface area contributed by atoms with Crippen molar-refractivity contribution in [3.05, 3.63) is 66.8 Å². The average molecular weight is 694 g/mol. The standard InChI is InChI=1S/C26H36I2N2O4/c27-25-5-1-23(2-6-25)21-29-9-13-31-17-19-33-15-11-30(12-16-34-20-18-32-14-10-29)22-24-3-7-26(28)8-4-24/h1-8H,9-22H2. The van der Waals surface area contributed by atoms with E-state index in [1.807, 2.05) is 0 Å². The van der Waals surface area contributed by atoms with E-state index in [0.29, 0.717) is 52.9 Å². The van der Waals surface area contributed by atoms with Gasteiger partial charge < -0.3 is 18.9 Å². The molecule has 0 bridgehead atoms. The second-order valence-corrected chi connectivity index (χ2v) is 10.7. The van der Waals surface area contributed by atoms with Crippen molar-refractivity contribution in [2.24, 2.45) is 0 Å². The van der Waals surface area contributed by atoms with Gasteiger partial charge in [-0.05, 0) is 80.6 Å². The molecule has 0 atom stereocenters. The first-order valence-electron chi connectivity index (χ1n) is 11.9. The summed E-state index contributed by atoms with van der Waals surface area (Å²) in [6.07, 6.45) is 0. The second kappa shape index (κ2) is 17.2. The summed E-state index contributed by atoms with van der Waals surface area (Å²) in [5.74, 6) is 0. The van der Waals surface area contributed by atoms with E-state index in [1.54, 1.807) is 0 Å². The van der Waals surface area contributed by atoms with E-state index < -0.39 is 0 Å². The van der Waals surface area contributed by atoms with E-state index in [9.17, 15) is 0 Å². The molecule has 0 N–H and O–H groups in total. The lowest BCUT2D eigenvalue weighted by atomic mass is 10.2. The minimum Gasteiger partial charge on any atom is -0.378 e. The van der Waals surface area contributed by atoms with Crippen LogP contribution in [0.15, 0.2) is 48.5 Å². The third kappa shape index (κ3) is 12.1. The van der Waals surface area contributed by atoms with Crippen LogP contribution in [0.4, 0.5) is 0 Å². The molecule has 1 aliphatic heterocycles. The number of nitrogens with zero attached hydrogens (tertiary/aromatic N) is 2. The molecule has 1 heterocycles. The Kier molecular flexibility index (Phi) is 14.3. The van der Waals surface area contributed by atoms with E-state index in [2.05, 4.69) is 104 Å². The minimum atomic E-state index is 0.619. The predicted octanol–water partition coefficient (Wildman–Crippen LogP) is 4.28. The first-order chi connectivity index (χ1) is 16.7. The van der Waals surface area contributed by atoms with Crippen LogP contribution in [-0.2, 0) is 32.0 Å². The molecular formula is C26H36I2N2O4. The fourth-order valence-corrected chi connectivity index (χ4v) is 4.37. The number of rotatable bonds is 4. The molecular weight excluding hydrogens is 658 g/mol. The Morgan fingerprint density at radius 2 is 0.765 bits per heavy atom. The molecule has 1 fully saturated rings. The molecule has 8 heteroatoms. The molecule has 2 aromatic rings. The number of ether oxygens (including phenoxy) is 4. The first-order valence-corrected chi connectivity index (χ1v) is 14.1. The van der Waals surface area contributed by atoms with Crippen molar-refractivity contribution in [3.63, 3.8) is 0 Å². The molecule has 3 rings (SSSR count). The summed E-state index contributed by atoms with van der Waals surface area (Å²) in [6.45, 7) is 10.5. The average Bonchev–Trinajstić information content (AvgIpc) is 2.84. The van der Waals surface area contributed by atoms with Gasteiger partial charge in [-0.1, -0.05) is 24.3 Å². The lowest BCUT2D eigenvalue weighted by Crippen LogP contribution is -2.32. The highest BCUT2D eigenvalue weighted by molar-refractivity contribution is 14.1. The zero-order valence-electron chi connectivity index (χ0n) is 19.8. The van der Waals surface area contributed by atoms with E-state index in [1.165, 1.54) is 18.3 Å². The smallest absolute Gasteiger partial charge is 0.0701 e. The summed E-state index contributed by atoms with van der Waals surface area (Å²) in [6, 6.07) is 17.4. The van der Waals surface area contributed by atoms with Crippen LogP contribution in [0.2, 0.25) is 0 Å². The van der Waals surface area contributed by atoms with Crippen LogP contribution in [0.25, 0.3) is 0 Å². The molecule has 0 unspecified atom stereocenters. The predicted molar refractivity (Wildman–Crippen MR) is 152 cm³/mol. The highest BCUT2D eigenvalue weighted by atomic mass is 127. The van der Waals surface area contributed by atoms with Gasteiger partial charge in [0.15, 0.2) is 0 Å². The molecule has 0 amide bonds. The number of hydrogen-bond acceptors (Lipinski definition) is 6. The van der Waals surface area contributed by atoms with Crippen molar-refractivity contribution in [2.75, 3.05) is 79.0 Å². The van der Waals surface area contributed by atoms with Gasteiger partial charge in [0.2, 0.25) is 0 Å². The van der Waals surface area contributed by atoms with Crippen LogP contribution < -0.4 is 0 Å². The third-order valence-electron chi connectivity index (χ3n) is 5.59. The molecule has 1 aliphatic rings. The van der Waals surface area contributed by atoms with Gasteiger partial charge in [-0.3, -0.25) is 9.80 Å². The molecule has 6 nitrogen and oxygen atoms in total. The van der Waals surface area contributed by atoms with Gasteiger partial charge in [-0.15, -0.1) is 0 Å². The summed E-state index contributed by atoms with van der Waals surface area (Å²) >= 11 is 4.68. The molecule has 0 radical (unpaired) electrons. The Hall–Kier alpha value is -0.340. The van der Waals surface area contributed by atoms with E-state index in [4.69, 9.17) is 18.9 Å². The van der Waals surface area contributed by atoms with Gasteiger partial charge in [0.05, 0.1) is 52.9 Å². The molecule has 1 saturated heterocycles. The maximum Gasteiger partial charge on any atom is 0.0701 e. The van der Waals surface area contributed by atoms with Crippen molar-refractivity contribution in [3.8, 4) is 0 Å². The second-order valence-electron chi connectivity index (χ2n) is 8.25. The molecule has 0 aliphatic carbocycles. The first kappa shape index (κ1) is 28.2. The van der Waals surface area contributed by atoms with Crippen LogP contribution in [-0.4, -0.2) is 88.8 Å². The Labute approximate surface area is 231 Å². The van der Waals surface area contributed by atoms with Crippen molar-refractivity contribution in [1.82, 2.24) is 9.80 Å². The Bertz CT molecular complexity index is 705. The summed E-state index contributed by atoms with van der Waals surface area (Å²) < 4.78 is 25.9. The van der Waals surface area contributed by atoms with Gasteiger partial charge in [0, 0.05) is 46.4 Å². The summed E-state index contributed by atoms with van der Waals surface area (Å²) in [5, 5.41) is 0. The van der Waals surface area contributed by atoms with E-state index >= 15 is 0 Å². The number of benzene rings is 2. The Morgan fingerprint density at radius 1 is 0.471 bits per heavy atom. The van der Waals surface area contributed by atoms with Crippen LogP contribution in [0.3, 0.4) is 0 Å². The minimum absolute atomic E-state index is 0.619. The molecule has 2 aromatic carbocycles. The lowest BCUT2D eigenvalue weighted by Gasteiger charge is -2.24. The maximum atomic E-state index is 5.86. The van der Waals surface area contributed by atoms with Crippen molar-refractivity contribution < 1.29 is 18.9 Å². The highest BCUT2D eigenvalue weighted by Gasteiger charge is 2.09. The number of hydrogen-bond donors (Lipinski definition) is 0. The fourth-order valence-electron chi connectivity index (χ4n) is 3.65. The monoisotopic (exact) mass is 694 g/mol. The van der Waals surface area contributed by atoms with Crippen LogP contribution >= 0.6 is 45.2 Å². The lowest BCUT2D eigenvalue weighted by molar-refractivity contribution is 0.00624. The normalized spacial score (nSPS) is 19.4. The number of halogens is 2.